The maximum atomic E-state index is 14.5. The van der Waals surface area contributed by atoms with E-state index in [0.717, 1.165) is 16.7 Å². The number of piperidine rings is 1. The molecule has 7 N–H and O–H groups in total. The third kappa shape index (κ3) is 15.9. The monoisotopic (exact) mass is 1080 g/mol. The van der Waals surface area contributed by atoms with Crippen LogP contribution in [0.25, 0.3) is 17.1 Å². The van der Waals surface area contributed by atoms with Gasteiger partial charge in [0.1, 0.15) is 35.2 Å². The molecule has 0 bridgehead atoms. The molecule has 79 heavy (non-hydrogen) atoms. The molecule has 0 unspecified atom stereocenters. The first-order chi connectivity index (χ1) is 37.7. The topological polar surface area (TPSA) is 250 Å². The largest absolute Gasteiger partial charge is 0.508 e. The zero-order valence-electron chi connectivity index (χ0n) is 46.9. The molecule has 4 aromatic carbocycles. The van der Waals surface area contributed by atoms with Crippen LogP contribution < -0.4 is 26.6 Å². The van der Waals surface area contributed by atoms with Crippen molar-refractivity contribution >= 4 is 35.3 Å². The number of hydrogen-bond donors (Lipinski definition) is 7. The van der Waals surface area contributed by atoms with E-state index in [-0.39, 0.29) is 84.4 Å². The first-order valence-corrected chi connectivity index (χ1v) is 27.8. The number of likely N-dealkylation sites (tertiary alicyclic amines) is 1. The van der Waals surface area contributed by atoms with Crippen LogP contribution in [0.15, 0.2) is 97.1 Å². The number of benzene rings is 4. The number of aryl methyl sites for hydroxylation is 1. The van der Waals surface area contributed by atoms with E-state index in [0.29, 0.717) is 68.7 Å². The average molecular weight is 1080 g/mol. The number of nitrogens with one attached hydrogen (secondary N) is 5. The fourth-order valence-corrected chi connectivity index (χ4v) is 10.1. The highest BCUT2D eigenvalue weighted by atomic mass is 16.6. The number of aromatic nitrogens is 3. The van der Waals surface area contributed by atoms with Gasteiger partial charge < -0.3 is 41.5 Å². The van der Waals surface area contributed by atoms with Gasteiger partial charge in [-0.25, -0.2) is 0 Å². The third-order valence-corrected chi connectivity index (χ3v) is 14.7. The molecule has 5 amide bonds. The zero-order chi connectivity index (χ0) is 57.0. The second-order valence-electron chi connectivity index (χ2n) is 22.4. The van der Waals surface area contributed by atoms with Gasteiger partial charge in [0.2, 0.25) is 29.5 Å². The lowest BCUT2D eigenvalue weighted by Gasteiger charge is -2.32. The molecule has 5 aromatic rings. The fraction of sp³-hybridized carbons (Fsp3) is 0.475. The van der Waals surface area contributed by atoms with Crippen molar-refractivity contribution in [1.82, 2.24) is 46.2 Å². The molecule has 422 valence electrons. The van der Waals surface area contributed by atoms with Gasteiger partial charge in [-0.1, -0.05) is 114 Å². The standard InChI is InChI=1S/C61H79N9O9/c1-9-62-60(78)55-68-67-54(46-33-45(39(6)7)51(71)34-52(46)72)70(55)44-23-20-42(21-24-44)35-69-28-26-43(27-29-69)56(74)63-47(25-22-40-16-12-10-13-17-40)57(75)65-49(31-38(4)5)58(76)66-50(32-41-18-14-11-15-19-41)59(77)64-48(30-37(2)3)53(73)61(8)36-79-61/h10-21,23-24,33-34,37-39,43,47-50,71-72H,9,22,25-32,35-36H2,1-8H3,(H,62,78)(H,63,74)(H,64,77)(H,65,75)(H,66,76)/t47-,48-,49-,50-,61+/m0/s1. The Morgan fingerprint density at radius 3 is 1.85 bits per heavy atom. The van der Waals surface area contributed by atoms with Crippen LogP contribution >= 0.6 is 0 Å². The van der Waals surface area contributed by atoms with Crippen molar-refractivity contribution in [2.75, 3.05) is 26.2 Å². The smallest absolute Gasteiger partial charge is 0.289 e. The fourth-order valence-electron chi connectivity index (χ4n) is 10.1. The average Bonchev–Trinajstić information content (AvgIpc) is 4.03. The first kappa shape index (κ1) is 59.2. The van der Waals surface area contributed by atoms with Crippen molar-refractivity contribution in [2.45, 2.75) is 143 Å². The number of phenolic OH excluding ortho intramolecular Hbond substituents is 2. The zero-order valence-corrected chi connectivity index (χ0v) is 46.9. The van der Waals surface area contributed by atoms with Crippen molar-refractivity contribution in [2.24, 2.45) is 17.8 Å². The quantitative estimate of drug-likeness (QED) is 0.0286. The van der Waals surface area contributed by atoms with E-state index in [4.69, 9.17) is 4.74 Å². The molecular weight excluding hydrogens is 1000 g/mol. The number of ether oxygens (including phenoxy) is 1. The molecule has 2 aliphatic rings. The second-order valence-corrected chi connectivity index (χ2v) is 22.4. The second kappa shape index (κ2) is 26.9. The van der Waals surface area contributed by atoms with Gasteiger partial charge in [0.25, 0.3) is 5.91 Å². The molecule has 1 aromatic heterocycles. The van der Waals surface area contributed by atoms with E-state index in [1.165, 1.54) is 6.07 Å². The Bertz CT molecular complexity index is 2900. The van der Waals surface area contributed by atoms with Crippen LogP contribution in [0, 0.1) is 17.8 Å². The molecule has 5 atom stereocenters. The molecular formula is C61H79N9O9. The van der Waals surface area contributed by atoms with E-state index in [1.807, 2.05) is 126 Å². The van der Waals surface area contributed by atoms with Crippen molar-refractivity contribution in [3.63, 3.8) is 0 Å². The molecule has 18 nitrogen and oxygen atoms in total. The van der Waals surface area contributed by atoms with Gasteiger partial charge in [-0.2, -0.15) is 0 Å². The predicted octanol–water partition coefficient (Wildman–Crippen LogP) is 6.70. The minimum absolute atomic E-state index is 0.0363. The number of hydrogen-bond acceptors (Lipinski definition) is 12. The summed E-state index contributed by atoms with van der Waals surface area (Å²) in [6.45, 7) is 17.6. The van der Waals surface area contributed by atoms with E-state index in [2.05, 4.69) is 41.7 Å². The summed E-state index contributed by atoms with van der Waals surface area (Å²) in [7, 11) is 0. The van der Waals surface area contributed by atoms with Crippen molar-refractivity contribution in [1.29, 1.82) is 0 Å². The SMILES string of the molecule is CCNC(=O)c1nnc(-c2cc(C(C)C)c(O)cc2O)n1-c1ccc(CN2CCC(C(=O)N[C@@H](CCc3ccccc3)C(=O)N[C@@H](CC(C)C)C(=O)N[C@@H](Cc3ccccc3)C(=O)N[C@@H](CC(C)C)C(=O)[C@@]3(C)CO3)CC2)cc1. The van der Waals surface area contributed by atoms with Crippen LogP contribution in [-0.2, 0) is 48.1 Å². The molecule has 0 radical (unpaired) electrons. The molecule has 3 heterocycles. The number of epoxide rings is 1. The Hall–Kier alpha value is -7.44. The normalized spacial score (nSPS) is 17.2. The highest BCUT2D eigenvalue weighted by Crippen LogP contribution is 2.38. The number of rotatable bonds is 26. The van der Waals surface area contributed by atoms with Gasteiger partial charge in [0.05, 0.1) is 18.2 Å². The summed E-state index contributed by atoms with van der Waals surface area (Å²) in [6, 6.07) is 25.6. The Kier molecular flexibility index (Phi) is 20.2. The van der Waals surface area contributed by atoms with Gasteiger partial charge in [-0.05, 0) is 124 Å². The lowest BCUT2D eigenvalue weighted by atomic mass is 9.93. The van der Waals surface area contributed by atoms with Gasteiger partial charge >= 0.3 is 0 Å². The number of amides is 5. The Morgan fingerprint density at radius 1 is 0.684 bits per heavy atom. The molecule has 0 saturated carbocycles. The lowest BCUT2D eigenvalue weighted by Crippen LogP contribution is -2.59. The van der Waals surface area contributed by atoms with Crippen LogP contribution in [0.4, 0.5) is 0 Å². The van der Waals surface area contributed by atoms with Crippen LogP contribution in [0.5, 0.6) is 11.5 Å². The first-order valence-electron chi connectivity index (χ1n) is 27.8. The van der Waals surface area contributed by atoms with Crippen molar-refractivity contribution < 1.29 is 43.7 Å². The predicted molar refractivity (Wildman–Crippen MR) is 301 cm³/mol. The number of nitrogens with zero attached hydrogens (tertiary/aromatic N) is 4. The summed E-state index contributed by atoms with van der Waals surface area (Å²) in [5.41, 5.74) is 3.32. The number of Topliss-reactive ketones (excluding diaryl/α,β-unsaturated/α-hetero) is 1. The summed E-state index contributed by atoms with van der Waals surface area (Å²) in [6.07, 6.45) is 2.64. The highest BCUT2D eigenvalue weighted by molar-refractivity contribution is 5.99. The molecule has 0 spiro atoms. The van der Waals surface area contributed by atoms with Gasteiger partial charge in [0, 0.05) is 37.2 Å². The van der Waals surface area contributed by atoms with Crippen LogP contribution in [0.3, 0.4) is 0 Å². The van der Waals surface area contributed by atoms with E-state index < -0.39 is 53.4 Å². The van der Waals surface area contributed by atoms with Crippen LogP contribution in [0.1, 0.15) is 126 Å². The van der Waals surface area contributed by atoms with Crippen LogP contribution in [-0.4, -0.2) is 121 Å². The minimum Gasteiger partial charge on any atom is -0.508 e. The number of aromatic hydroxyl groups is 2. The summed E-state index contributed by atoms with van der Waals surface area (Å²) in [4.78, 5) is 86.4. The number of carbonyl (C=O) groups is 6. The molecule has 2 saturated heterocycles. The van der Waals surface area contributed by atoms with Crippen molar-refractivity contribution in [3.8, 4) is 28.6 Å². The van der Waals surface area contributed by atoms with E-state index in [1.54, 1.807) is 24.5 Å². The molecule has 0 aliphatic carbocycles. The van der Waals surface area contributed by atoms with Gasteiger partial charge in [0.15, 0.2) is 11.6 Å². The Morgan fingerprint density at radius 2 is 1.25 bits per heavy atom. The molecule has 18 heteroatoms. The van der Waals surface area contributed by atoms with Crippen molar-refractivity contribution in [3.05, 3.63) is 125 Å². The Balaban J connectivity index is 1.02. The van der Waals surface area contributed by atoms with Crippen LogP contribution in [0.2, 0.25) is 0 Å². The summed E-state index contributed by atoms with van der Waals surface area (Å²) in [5.74, 6) is -2.84. The number of ketones is 1. The number of carbonyl (C=O) groups excluding carboxylic acids is 6. The molecule has 7 rings (SSSR count). The highest BCUT2D eigenvalue weighted by Gasteiger charge is 2.50. The van der Waals surface area contributed by atoms with E-state index in [9.17, 15) is 39.0 Å². The maximum Gasteiger partial charge on any atom is 0.289 e. The summed E-state index contributed by atoms with van der Waals surface area (Å²) >= 11 is 0. The maximum absolute atomic E-state index is 14.5. The molecule has 2 fully saturated rings. The number of phenols is 2. The van der Waals surface area contributed by atoms with E-state index >= 15 is 0 Å². The Labute approximate surface area is 463 Å². The molecule has 2 aliphatic heterocycles. The van der Waals surface area contributed by atoms with Gasteiger partial charge in [-0.3, -0.25) is 38.2 Å². The summed E-state index contributed by atoms with van der Waals surface area (Å²) in [5, 5.41) is 44.8. The lowest BCUT2D eigenvalue weighted by molar-refractivity contribution is -0.135. The third-order valence-electron chi connectivity index (χ3n) is 14.7. The van der Waals surface area contributed by atoms with Gasteiger partial charge in [-0.15, -0.1) is 10.2 Å². The summed E-state index contributed by atoms with van der Waals surface area (Å²) < 4.78 is 7.05. The minimum atomic E-state index is -1.08.